The maximum absolute atomic E-state index is 11.1. The number of hydrogen-bond acceptors (Lipinski definition) is 6. The first-order valence-electron chi connectivity index (χ1n) is 5.35. The lowest BCUT2D eigenvalue weighted by molar-refractivity contribution is 0.301. The summed E-state index contributed by atoms with van der Waals surface area (Å²) in [6.07, 6.45) is 3.65. The van der Waals surface area contributed by atoms with E-state index in [4.69, 9.17) is 10.2 Å². The molecule has 1 aliphatic carbocycles. The Balaban J connectivity index is 2.14. The highest BCUT2D eigenvalue weighted by Gasteiger charge is 2.26. The summed E-state index contributed by atoms with van der Waals surface area (Å²) in [4.78, 5) is 5.97. The summed E-state index contributed by atoms with van der Waals surface area (Å²) in [5.74, 6) is 0.642. The van der Waals surface area contributed by atoms with Gasteiger partial charge in [0.1, 0.15) is 0 Å². The number of aliphatic hydroxyl groups excluding tert-OH is 1. The van der Waals surface area contributed by atoms with Crippen LogP contribution in [0.1, 0.15) is 12.8 Å². The molecule has 1 aliphatic rings. The highest BCUT2D eigenvalue weighted by atomic mass is 32.2. The van der Waals surface area contributed by atoms with Gasteiger partial charge in [-0.25, -0.2) is 18.5 Å². The summed E-state index contributed by atoms with van der Waals surface area (Å²) < 4.78 is 22.3. The van der Waals surface area contributed by atoms with Crippen LogP contribution in [0.2, 0.25) is 0 Å². The maximum Gasteiger partial charge on any atom is 0.249 e. The van der Waals surface area contributed by atoms with E-state index < -0.39 is 10.0 Å². The molecule has 96 valence electrons. The molecule has 8 heteroatoms. The van der Waals surface area contributed by atoms with Crippen molar-refractivity contribution in [2.24, 2.45) is 11.1 Å². The molecule has 0 aromatic carbocycles. The molecule has 1 saturated carbocycles. The second-order valence-corrected chi connectivity index (χ2v) is 6.92. The highest BCUT2D eigenvalue weighted by molar-refractivity contribution is 7.91. The number of aromatic nitrogens is 1. The third kappa shape index (κ3) is 3.38. The molecule has 0 aliphatic heterocycles. The maximum atomic E-state index is 11.1. The van der Waals surface area contributed by atoms with Crippen LogP contribution >= 0.6 is 11.3 Å². The van der Waals surface area contributed by atoms with E-state index in [1.54, 1.807) is 0 Å². The molecule has 0 unspecified atom stereocenters. The predicted octanol–water partition coefficient (Wildman–Crippen LogP) is -0.000800. The summed E-state index contributed by atoms with van der Waals surface area (Å²) in [5, 5.41) is 14.6. The Morgan fingerprint density at radius 2 is 2.29 bits per heavy atom. The van der Waals surface area contributed by atoms with Crippen molar-refractivity contribution in [1.82, 2.24) is 4.98 Å². The van der Waals surface area contributed by atoms with Crippen LogP contribution in [0.4, 0.5) is 5.13 Å². The molecule has 0 amide bonds. The molecule has 6 nitrogen and oxygen atoms in total. The minimum atomic E-state index is -3.68. The molecule has 1 heterocycles. The summed E-state index contributed by atoms with van der Waals surface area (Å²) in [5.41, 5.74) is 0. The molecule has 1 aromatic rings. The van der Waals surface area contributed by atoms with Gasteiger partial charge in [0.2, 0.25) is 10.0 Å². The van der Waals surface area contributed by atoms with Gasteiger partial charge < -0.3 is 10.0 Å². The fourth-order valence-electron chi connectivity index (χ4n) is 1.53. The number of primary sulfonamides is 1. The molecule has 1 fully saturated rings. The standard InChI is InChI=1S/C9H15N3O3S2/c10-17(14,15)8-5-11-9(16-8)12(3-4-13)6-7-1-2-7/h5,7,13H,1-4,6H2,(H2,10,14,15). The number of hydrogen-bond donors (Lipinski definition) is 2. The Kier molecular flexibility index (Phi) is 3.67. The monoisotopic (exact) mass is 277 g/mol. The van der Waals surface area contributed by atoms with E-state index in [9.17, 15) is 8.42 Å². The van der Waals surface area contributed by atoms with Gasteiger partial charge in [-0.1, -0.05) is 11.3 Å². The van der Waals surface area contributed by atoms with E-state index in [2.05, 4.69) is 4.98 Å². The van der Waals surface area contributed by atoms with E-state index in [0.717, 1.165) is 17.9 Å². The lowest BCUT2D eigenvalue weighted by Crippen LogP contribution is -2.28. The average molecular weight is 277 g/mol. The molecular weight excluding hydrogens is 262 g/mol. The van der Waals surface area contributed by atoms with Crippen molar-refractivity contribution in [1.29, 1.82) is 0 Å². The van der Waals surface area contributed by atoms with E-state index >= 15 is 0 Å². The Labute approximate surface area is 104 Å². The molecule has 17 heavy (non-hydrogen) atoms. The number of aliphatic hydroxyl groups is 1. The van der Waals surface area contributed by atoms with Crippen molar-refractivity contribution in [2.45, 2.75) is 17.1 Å². The van der Waals surface area contributed by atoms with Crippen molar-refractivity contribution in [2.75, 3.05) is 24.6 Å². The largest absolute Gasteiger partial charge is 0.395 e. The molecule has 2 rings (SSSR count). The number of thiazole rings is 1. The fraction of sp³-hybridized carbons (Fsp3) is 0.667. The SMILES string of the molecule is NS(=O)(=O)c1cnc(N(CCO)CC2CC2)s1. The van der Waals surface area contributed by atoms with Gasteiger partial charge in [-0.2, -0.15) is 0 Å². The van der Waals surface area contributed by atoms with Crippen molar-refractivity contribution in [3.63, 3.8) is 0 Å². The highest BCUT2D eigenvalue weighted by Crippen LogP contribution is 2.33. The molecule has 0 radical (unpaired) electrons. The van der Waals surface area contributed by atoms with Gasteiger partial charge in [0.25, 0.3) is 0 Å². The van der Waals surface area contributed by atoms with Crippen LogP contribution in [0.5, 0.6) is 0 Å². The molecule has 3 N–H and O–H groups in total. The zero-order chi connectivity index (χ0) is 12.5. The van der Waals surface area contributed by atoms with Gasteiger partial charge in [-0.15, -0.1) is 0 Å². The minimum Gasteiger partial charge on any atom is -0.395 e. The van der Waals surface area contributed by atoms with Gasteiger partial charge in [0, 0.05) is 13.1 Å². The van der Waals surface area contributed by atoms with Gasteiger partial charge in [-0.3, -0.25) is 0 Å². The third-order valence-electron chi connectivity index (χ3n) is 2.57. The smallest absolute Gasteiger partial charge is 0.249 e. The minimum absolute atomic E-state index is 0.0248. The Bertz CT molecular complexity index is 481. The first kappa shape index (κ1) is 12.7. The predicted molar refractivity (Wildman–Crippen MR) is 65.5 cm³/mol. The first-order chi connectivity index (χ1) is 8.00. The molecule has 1 aromatic heterocycles. The zero-order valence-electron chi connectivity index (χ0n) is 9.24. The number of nitrogens with two attached hydrogens (primary N) is 1. The van der Waals surface area contributed by atoms with E-state index in [0.29, 0.717) is 17.6 Å². The van der Waals surface area contributed by atoms with E-state index in [-0.39, 0.29) is 10.8 Å². The van der Waals surface area contributed by atoms with Gasteiger partial charge in [-0.05, 0) is 18.8 Å². The lowest BCUT2D eigenvalue weighted by atomic mass is 10.4. The summed E-state index contributed by atoms with van der Waals surface area (Å²) in [7, 11) is -3.68. The zero-order valence-corrected chi connectivity index (χ0v) is 10.9. The Morgan fingerprint density at radius 3 is 2.76 bits per heavy atom. The number of sulfonamides is 1. The summed E-state index contributed by atoms with van der Waals surface area (Å²) in [6, 6.07) is 0. The summed E-state index contributed by atoms with van der Waals surface area (Å²) in [6.45, 7) is 1.31. The van der Waals surface area contributed by atoms with Crippen LogP contribution in [-0.2, 0) is 10.0 Å². The normalized spacial score (nSPS) is 16.1. The first-order valence-corrected chi connectivity index (χ1v) is 7.71. The Morgan fingerprint density at radius 1 is 1.59 bits per heavy atom. The van der Waals surface area contributed by atoms with Crippen LogP contribution in [0.25, 0.3) is 0 Å². The number of anilines is 1. The third-order valence-corrected chi connectivity index (χ3v) is 5.03. The van der Waals surface area contributed by atoms with Crippen LogP contribution in [0, 0.1) is 5.92 Å². The van der Waals surface area contributed by atoms with Crippen LogP contribution in [-0.4, -0.2) is 38.2 Å². The van der Waals surface area contributed by atoms with Crippen LogP contribution < -0.4 is 10.0 Å². The van der Waals surface area contributed by atoms with Crippen molar-refractivity contribution in [3.05, 3.63) is 6.20 Å². The Hall–Kier alpha value is -0.700. The average Bonchev–Trinajstić information content (AvgIpc) is 2.91. The molecule has 0 bridgehead atoms. The molecule has 0 atom stereocenters. The second kappa shape index (κ2) is 4.89. The van der Waals surface area contributed by atoms with Crippen LogP contribution in [0.15, 0.2) is 10.4 Å². The number of rotatable bonds is 6. The van der Waals surface area contributed by atoms with Gasteiger partial charge >= 0.3 is 0 Å². The van der Waals surface area contributed by atoms with E-state index in [1.165, 1.54) is 19.0 Å². The lowest BCUT2D eigenvalue weighted by Gasteiger charge is -2.20. The van der Waals surface area contributed by atoms with Gasteiger partial charge in [0.15, 0.2) is 9.34 Å². The van der Waals surface area contributed by atoms with Crippen molar-refractivity contribution >= 4 is 26.5 Å². The van der Waals surface area contributed by atoms with Crippen LogP contribution in [0.3, 0.4) is 0 Å². The molecule has 0 saturated heterocycles. The fourth-order valence-corrected chi connectivity index (χ4v) is 3.10. The summed E-state index contributed by atoms with van der Waals surface area (Å²) >= 11 is 1.05. The van der Waals surface area contributed by atoms with Crippen molar-refractivity contribution in [3.8, 4) is 0 Å². The number of nitrogens with zero attached hydrogens (tertiary/aromatic N) is 2. The molecular formula is C9H15N3O3S2. The van der Waals surface area contributed by atoms with Gasteiger partial charge in [0.05, 0.1) is 12.8 Å². The second-order valence-electron chi connectivity index (χ2n) is 4.12. The molecule has 0 spiro atoms. The van der Waals surface area contributed by atoms with Crippen molar-refractivity contribution < 1.29 is 13.5 Å². The quantitative estimate of drug-likeness (QED) is 0.763. The topological polar surface area (TPSA) is 96.5 Å². The van der Waals surface area contributed by atoms with E-state index in [1.807, 2.05) is 4.90 Å².